The largest absolute Gasteiger partial charge is 0.379 e. The van der Waals surface area contributed by atoms with E-state index >= 15 is 0 Å². The van der Waals surface area contributed by atoms with Gasteiger partial charge in [-0.25, -0.2) is 8.42 Å². The van der Waals surface area contributed by atoms with Gasteiger partial charge in [-0.2, -0.15) is 4.31 Å². The molecule has 0 radical (unpaired) electrons. The first-order chi connectivity index (χ1) is 9.13. The molecule has 1 aliphatic rings. The first-order valence-corrected chi connectivity index (χ1v) is 7.79. The minimum atomic E-state index is -3.33. The van der Waals surface area contributed by atoms with Crippen LogP contribution in [0.3, 0.4) is 0 Å². The maximum absolute atomic E-state index is 12.1. The van der Waals surface area contributed by atoms with Crippen molar-refractivity contribution >= 4 is 10.0 Å². The Morgan fingerprint density at radius 3 is 2.79 bits per heavy atom. The summed E-state index contributed by atoms with van der Waals surface area (Å²) in [5, 5.41) is 0. The molecule has 4 nitrogen and oxygen atoms in total. The predicted molar refractivity (Wildman–Crippen MR) is 74.1 cm³/mol. The molecule has 0 aromatic heterocycles. The van der Waals surface area contributed by atoms with E-state index in [4.69, 9.17) is 11.2 Å². The SMILES string of the molecule is C#CCN1[C@@H](Cc2ccccc2)COCCS1(=O)=O. The fourth-order valence-electron chi connectivity index (χ4n) is 2.18. The minimum absolute atomic E-state index is 0.0000301. The quantitative estimate of drug-likeness (QED) is 0.772. The highest BCUT2D eigenvalue weighted by Gasteiger charge is 2.32. The highest BCUT2D eigenvalue weighted by molar-refractivity contribution is 7.89. The summed E-state index contributed by atoms with van der Waals surface area (Å²) in [6.45, 7) is 0.716. The molecule has 0 amide bonds. The van der Waals surface area contributed by atoms with Crippen LogP contribution in [-0.2, 0) is 21.2 Å². The second-order valence-electron chi connectivity index (χ2n) is 4.48. The van der Waals surface area contributed by atoms with Crippen LogP contribution in [-0.4, -0.2) is 44.3 Å². The van der Waals surface area contributed by atoms with E-state index in [-0.39, 0.29) is 24.9 Å². The molecule has 0 unspecified atom stereocenters. The summed E-state index contributed by atoms with van der Waals surface area (Å²) >= 11 is 0. The van der Waals surface area contributed by atoms with Crippen molar-refractivity contribution in [1.29, 1.82) is 0 Å². The van der Waals surface area contributed by atoms with Crippen molar-refractivity contribution in [3.63, 3.8) is 0 Å². The molecular weight excluding hydrogens is 262 g/mol. The van der Waals surface area contributed by atoms with Crippen molar-refractivity contribution in [2.75, 3.05) is 25.5 Å². The molecule has 1 aliphatic heterocycles. The number of terminal acetylenes is 1. The molecule has 19 heavy (non-hydrogen) atoms. The molecule has 0 aliphatic carbocycles. The van der Waals surface area contributed by atoms with Crippen LogP contribution in [0, 0.1) is 12.3 Å². The Kier molecular flexibility index (Phi) is 4.59. The number of hydrogen-bond acceptors (Lipinski definition) is 3. The van der Waals surface area contributed by atoms with Gasteiger partial charge in [0.25, 0.3) is 0 Å². The fourth-order valence-corrected chi connectivity index (χ4v) is 3.60. The van der Waals surface area contributed by atoms with Crippen molar-refractivity contribution < 1.29 is 13.2 Å². The molecule has 1 saturated heterocycles. The Balaban J connectivity index is 2.22. The van der Waals surface area contributed by atoms with E-state index in [2.05, 4.69) is 5.92 Å². The van der Waals surface area contributed by atoms with Crippen molar-refractivity contribution in [2.24, 2.45) is 0 Å². The smallest absolute Gasteiger partial charge is 0.217 e. The van der Waals surface area contributed by atoms with Crippen LogP contribution in [0.5, 0.6) is 0 Å². The topological polar surface area (TPSA) is 46.6 Å². The zero-order valence-electron chi connectivity index (χ0n) is 10.7. The van der Waals surface area contributed by atoms with Gasteiger partial charge in [-0.05, 0) is 12.0 Å². The average Bonchev–Trinajstić information content (AvgIpc) is 2.53. The lowest BCUT2D eigenvalue weighted by Gasteiger charge is -2.26. The fraction of sp³-hybridized carbons (Fsp3) is 0.429. The number of rotatable bonds is 3. The van der Waals surface area contributed by atoms with Crippen molar-refractivity contribution in [3.05, 3.63) is 35.9 Å². The van der Waals surface area contributed by atoms with E-state index in [9.17, 15) is 8.42 Å². The lowest BCUT2D eigenvalue weighted by atomic mass is 10.1. The summed E-state index contributed by atoms with van der Waals surface area (Å²) in [5.74, 6) is 2.43. The van der Waals surface area contributed by atoms with Crippen LogP contribution in [0.15, 0.2) is 30.3 Å². The molecule has 1 atom stereocenters. The van der Waals surface area contributed by atoms with E-state index < -0.39 is 10.0 Å². The molecule has 0 spiro atoms. The van der Waals surface area contributed by atoms with Crippen LogP contribution < -0.4 is 0 Å². The number of hydrogen-bond donors (Lipinski definition) is 0. The number of ether oxygens (including phenoxy) is 1. The Labute approximate surface area is 114 Å². The zero-order valence-corrected chi connectivity index (χ0v) is 11.5. The van der Waals surface area contributed by atoms with E-state index in [0.29, 0.717) is 13.0 Å². The molecular formula is C14H17NO3S. The molecule has 1 heterocycles. The molecule has 0 saturated carbocycles. The highest BCUT2D eigenvalue weighted by atomic mass is 32.2. The van der Waals surface area contributed by atoms with Gasteiger partial charge in [-0.1, -0.05) is 36.3 Å². The first-order valence-electron chi connectivity index (χ1n) is 6.18. The van der Waals surface area contributed by atoms with E-state index in [1.165, 1.54) is 4.31 Å². The average molecular weight is 279 g/mol. The third kappa shape index (κ3) is 3.57. The second-order valence-corrected chi connectivity index (χ2v) is 6.52. The summed E-state index contributed by atoms with van der Waals surface area (Å²) < 4.78 is 31.1. The molecule has 1 fully saturated rings. The lowest BCUT2D eigenvalue weighted by Crippen LogP contribution is -2.43. The summed E-state index contributed by atoms with van der Waals surface area (Å²) in [4.78, 5) is 0. The Morgan fingerprint density at radius 1 is 1.37 bits per heavy atom. The Hall–Kier alpha value is -1.35. The molecule has 102 valence electrons. The molecule has 1 aromatic rings. The second kappa shape index (κ2) is 6.20. The van der Waals surface area contributed by atoms with Crippen molar-refractivity contribution in [3.8, 4) is 12.3 Å². The van der Waals surface area contributed by atoms with Crippen LogP contribution >= 0.6 is 0 Å². The summed E-state index contributed by atoms with van der Waals surface area (Å²) in [7, 11) is -3.33. The summed E-state index contributed by atoms with van der Waals surface area (Å²) in [6, 6.07) is 9.53. The standard InChI is InChI=1S/C14H17NO3S/c1-2-8-15-14(11-13-6-4-3-5-7-13)12-18-9-10-19(15,16)17/h1,3-7,14H,8-12H2/t14-/m0/s1. The van der Waals surface area contributed by atoms with Gasteiger partial charge in [0.2, 0.25) is 10.0 Å². The molecule has 5 heteroatoms. The Bertz CT molecular complexity index is 548. The van der Waals surface area contributed by atoms with Gasteiger partial charge in [0.15, 0.2) is 0 Å². The van der Waals surface area contributed by atoms with Gasteiger partial charge in [-0.15, -0.1) is 6.42 Å². The van der Waals surface area contributed by atoms with Gasteiger partial charge in [0.1, 0.15) is 0 Å². The van der Waals surface area contributed by atoms with Gasteiger partial charge in [-0.3, -0.25) is 0 Å². The monoisotopic (exact) mass is 279 g/mol. The number of nitrogens with zero attached hydrogens (tertiary/aromatic N) is 1. The molecule has 2 rings (SSSR count). The first kappa shape index (κ1) is 14.1. The summed E-state index contributed by atoms with van der Waals surface area (Å²) in [5.41, 5.74) is 1.08. The van der Waals surface area contributed by atoms with E-state index in [1.54, 1.807) is 0 Å². The number of sulfonamides is 1. The third-order valence-corrected chi connectivity index (χ3v) is 4.95. The highest BCUT2D eigenvalue weighted by Crippen LogP contribution is 2.16. The third-order valence-electron chi connectivity index (χ3n) is 3.12. The van der Waals surface area contributed by atoms with Crippen LogP contribution in [0.2, 0.25) is 0 Å². The molecule has 1 aromatic carbocycles. The normalized spacial score (nSPS) is 23.4. The van der Waals surface area contributed by atoms with E-state index in [1.807, 2.05) is 30.3 Å². The van der Waals surface area contributed by atoms with E-state index in [0.717, 1.165) is 5.56 Å². The maximum atomic E-state index is 12.1. The van der Waals surface area contributed by atoms with Gasteiger partial charge in [0.05, 0.1) is 31.6 Å². The Morgan fingerprint density at radius 2 is 2.11 bits per heavy atom. The van der Waals surface area contributed by atoms with Crippen LogP contribution in [0.1, 0.15) is 5.56 Å². The van der Waals surface area contributed by atoms with Crippen LogP contribution in [0.25, 0.3) is 0 Å². The van der Waals surface area contributed by atoms with Gasteiger partial charge >= 0.3 is 0 Å². The lowest BCUT2D eigenvalue weighted by molar-refractivity contribution is 0.114. The van der Waals surface area contributed by atoms with Gasteiger partial charge < -0.3 is 4.74 Å². The summed E-state index contributed by atoms with van der Waals surface area (Å²) in [6.07, 6.45) is 5.90. The minimum Gasteiger partial charge on any atom is -0.379 e. The van der Waals surface area contributed by atoms with Crippen molar-refractivity contribution in [2.45, 2.75) is 12.5 Å². The maximum Gasteiger partial charge on any atom is 0.217 e. The van der Waals surface area contributed by atoms with Gasteiger partial charge in [0, 0.05) is 0 Å². The molecule has 0 N–H and O–H groups in total. The van der Waals surface area contributed by atoms with Crippen LogP contribution in [0.4, 0.5) is 0 Å². The molecule has 0 bridgehead atoms. The van der Waals surface area contributed by atoms with Crippen molar-refractivity contribution in [1.82, 2.24) is 4.31 Å². The predicted octanol–water partition coefficient (Wildman–Crippen LogP) is 0.893. The number of benzene rings is 1. The zero-order chi connectivity index (χ0) is 13.7.